The zero-order valence-corrected chi connectivity index (χ0v) is 11.6. The van der Waals surface area contributed by atoms with Crippen LogP contribution < -0.4 is 10.6 Å². The number of likely N-dealkylation sites (tertiary alicyclic amines) is 1. The number of carbonyl (C=O) groups is 1. The molecule has 1 aliphatic heterocycles. The van der Waals surface area contributed by atoms with Gasteiger partial charge >= 0.3 is 0 Å². The molecule has 1 amide bonds. The molecule has 1 fully saturated rings. The van der Waals surface area contributed by atoms with E-state index in [-0.39, 0.29) is 5.91 Å². The van der Waals surface area contributed by atoms with E-state index < -0.39 is 0 Å². The van der Waals surface area contributed by atoms with Crippen LogP contribution in [0.25, 0.3) is 0 Å². The molecule has 1 unspecified atom stereocenters. The van der Waals surface area contributed by atoms with E-state index in [9.17, 15) is 4.79 Å². The quantitative estimate of drug-likeness (QED) is 0.892. The predicted molar refractivity (Wildman–Crippen MR) is 78.1 cm³/mol. The molecule has 1 heterocycles. The highest BCUT2D eigenvalue weighted by Gasteiger charge is 2.24. The number of para-hydroxylation sites is 1. The van der Waals surface area contributed by atoms with Gasteiger partial charge in [0.1, 0.15) is 0 Å². The molecule has 0 aromatic heterocycles. The summed E-state index contributed by atoms with van der Waals surface area (Å²) in [7, 11) is 1.83. The maximum absolute atomic E-state index is 12.3. The van der Waals surface area contributed by atoms with Gasteiger partial charge in [-0.25, -0.2) is 0 Å². The number of rotatable bonds is 4. The molecule has 0 spiro atoms. The first-order valence-corrected chi connectivity index (χ1v) is 6.98. The van der Waals surface area contributed by atoms with Crippen LogP contribution >= 0.6 is 0 Å². The third-order valence-corrected chi connectivity index (χ3v) is 3.88. The van der Waals surface area contributed by atoms with Gasteiger partial charge in [0, 0.05) is 25.3 Å². The summed E-state index contributed by atoms with van der Waals surface area (Å²) >= 11 is 0. The molecule has 0 aliphatic carbocycles. The van der Waals surface area contributed by atoms with Crippen molar-refractivity contribution in [2.75, 3.05) is 31.6 Å². The Hall–Kier alpha value is -1.39. The molecular weight excluding hydrogens is 238 g/mol. The molecule has 1 aromatic rings. The molecule has 1 atom stereocenters. The molecule has 104 valence electrons. The Kier molecular flexibility index (Phi) is 4.93. The van der Waals surface area contributed by atoms with Crippen molar-refractivity contribution in [3.63, 3.8) is 0 Å². The van der Waals surface area contributed by atoms with Gasteiger partial charge in [0.15, 0.2) is 0 Å². The van der Waals surface area contributed by atoms with Gasteiger partial charge < -0.3 is 10.6 Å². The summed E-state index contributed by atoms with van der Waals surface area (Å²) in [5.74, 6) is 0.131. The lowest BCUT2D eigenvalue weighted by atomic mass is 10.0. The van der Waals surface area contributed by atoms with Gasteiger partial charge in [-0.05, 0) is 31.5 Å². The Bertz CT molecular complexity index is 407. The van der Waals surface area contributed by atoms with Gasteiger partial charge in [-0.15, -0.1) is 0 Å². The number of anilines is 1. The van der Waals surface area contributed by atoms with Crippen LogP contribution in [0.3, 0.4) is 0 Å². The minimum atomic E-state index is 0.131. The van der Waals surface area contributed by atoms with Crippen molar-refractivity contribution in [1.82, 2.24) is 4.90 Å². The van der Waals surface area contributed by atoms with Gasteiger partial charge in [0.2, 0.25) is 5.91 Å². The van der Waals surface area contributed by atoms with E-state index in [0.29, 0.717) is 19.1 Å². The monoisotopic (exact) mass is 261 g/mol. The number of nitrogens with zero attached hydrogens (tertiary/aromatic N) is 2. The van der Waals surface area contributed by atoms with E-state index in [1.165, 1.54) is 12.8 Å². The second-order valence-electron chi connectivity index (χ2n) is 5.14. The second kappa shape index (κ2) is 6.68. The standard InChI is InChI=1S/C15H23N3O/c1-17(13-7-3-2-4-8-13)15(19)12-18-10-6-5-9-14(18)11-16/h2-4,7-8,14H,5-6,9-12,16H2,1H3. The lowest BCUT2D eigenvalue weighted by Gasteiger charge is -2.35. The normalized spacial score (nSPS) is 20.2. The Labute approximate surface area is 115 Å². The lowest BCUT2D eigenvalue weighted by Crippen LogP contribution is -2.48. The summed E-state index contributed by atoms with van der Waals surface area (Å²) < 4.78 is 0. The first-order valence-electron chi connectivity index (χ1n) is 6.98. The first kappa shape index (κ1) is 14.0. The molecule has 0 radical (unpaired) electrons. The summed E-state index contributed by atoms with van der Waals surface area (Å²) in [4.78, 5) is 16.3. The molecule has 0 saturated carbocycles. The van der Waals surface area contributed by atoms with Gasteiger partial charge in [0.05, 0.1) is 6.54 Å². The summed E-state index contributed by atoms with van der Waals surface area (Å²) in [6.07, 6.45) is 3.50. The lowest BCUT2D eigenvalue weighted by molar-refractivity contribution is -0.120. The molecule has 1 saturated heterocycles. The van der Waals surface area contributed by atoms with Crippen LogP contribution in [0.4, 0.5) is 5.69 Å². The highest BCUT2D eigenvalue weighted by atomic mass is 16.2. The fraction of sp³-hybridized carbons (Fsp3) is 0.533. The third-order valence-electron chi connectivity index (χ3n) is 3.88. The number of piperidine rings is 1. The van der Waals surface area contributed by atoms with Crippen molar-refractivity contribution in [2.45, 2.75) is 25.3 Å². The number of likely N-dealkylation sites (N-methyl/N-ethyl adjacent to an activating group) is 1. The van der Waals surface area contributed by atoms with Gasteiger partial charge in [0.25, 0.3) is 0 Å². The third kappa shape index (κ3) is 3.55. The number of benzene rings is 1. The number of amides is 1. The summed E-state index contributed by atoms with van der Waals surface area (Å²) in [5, 5.41) is 0. The minimum Gasteiger partial charge on any atom is -0.329 e. The predicted octanol–water partition coefficient (Wildman–Crippen LogP) is 1.46. The van der Waals surface area contributed by atoms with Gasteiger partial charge in [-0.3, -0.25) is 9.69 Å². The summed E-state index contributed by atoms with van der Waals surface area (Å²) in [5.41, 5.74) is 6.73. The number of hydrogen-bond donors (Lipinski definition) is 1. The molecule has 0 bridgehead atoms. The fourth-order valence-electron chi connectivity index (χ4n) is 2.61. The van der Waals surface area contributed by atoms with E-state index in [0.717, 1.165) is 18.7 Å². The summed E-state index contributed by atoms with van der Waals surface area (Å²) in [6.45, 7) is 2.09. The average molecular weight is 261 g/mol. The zero-order valence-electron chi connectivity index (χ0n) is 11.6. The van der Waals surface area contributed by atoms with Crippen LogP contribution in [0.1, 0.15) is 19.3 Å². The van der Waals surface area contributed by atoms with Crippen molar-refractivity contribution in [1.29, 1.82) is 0 Å². The Morgan fingerprint density at radius 2 is 2.11 bits per heavy atom. The highest BCUT2D eigenvalue weighted by molar-refractivity contribution is 5.94. The van der Waals surface area contributed by atoms with Crippen LogP contribution in [0.15, 0.2) is 30.3 Å². The fourth-order valence-corrected chi connectivity index (χ4v) is 2.61. The molecule has 2 N–H and O–H groups in total. The van der Waals surface area contributed by atoms with E-state index in [2.05, 4.69) is 4.90 Å². The van der Waals surface area contributed by atoms with E-state index >= 15 is 0 Å². The van der Waals surface area contributed by atoms with Crippen LogP contribution in [-0.4, -0.2) is 43.5 Å². The molecule has 1 aliphatic rings. The minimum absolute atomic E-state index is 0.131. The van der Waals surface area contributed by atoms with E-state index in [1.54, 1.807) is 4.90 Å². The van der Waals surface area contributed by atoms with E-state index in [4.69, 9.17) is 5.73 Å². The molecule has 4 heteroatoms. The van der Waals surface area contributed by atoms with Crippen molar-refractivity contribution in [2.24, 2.45) is 5.73 Å². The topological polar surface area (TPSA) is 49.6 Å². The van der Waals surface area contributed by atoms with Gasteiger partial charge in [-0.2, -0.15) is 0 Å². The van der Waals surface area contributed by atoms with Crippen molar-refractivity contribution in [3.8, 4) is 0 Å². The van der Waals surface area contributed by atoms with Crippen LogP contribution in [0.5, 0.6) is 0 Å². The highest BCUT2D eigenvalue weighted by Crippen LogP contribution is 2.17. The van der Waals surface area contributed by atoms with Crippen LogP contribution in [0.2, 0.25) is 0 Å². The Balaban J connectivity index is 1.96. The number of nitrogens with two attached hydrogens (primary N) is 1. The maximum atomic E-state index is 12.3. The van der Waals surface area contributed by atoms with Crippen molar-refractivity contribution in [3.05, 3.63) is 30.3 Å². The molecule has 2 rings (SSSR count). The second-order valence-corrected chi connectivity index (χ2v) is 5.14. The van der Waals surface area contributed by atoms with Gasteiger partial charge in [-0.1, -0.05) is 24.6 Å². The van der Waals surface area contributed by atoms with Crippen LogP contribution in [0, 0.1) is 0 Å². The van der Waals surface area contributed by atoms with Crippen molar-refractivity contribution < 1.29 is 4.79 Å². The molecule has 4 nitrogen and oxygen atoms in total. The SMILES string of the molecule is CN(C(=O)CN1CCCCC1CN)c1ccccc1. The average Bonchev–Trinajstić information content (AvgIpc) is 2.48. The van der Waals surface area contributed by atoms with E-state index in [1.807, 2.05) is 37.4 Å². The molecule has 1 aromatic carbocycles. The smallest absolute Gasteiger partial charge is 0.240 e. The molecular formula is C15H23N3O. The van der Waals surface area contributed by atoms with Crippen molar-refractivity contribution >= 4 is 11.6 Å². The largest absolute Gasteiger partial charge is 0.329 e. The molecule has 19 heavy (non-hydrogen) atoms. The first-order chi connectivity index (χ1) is 9.22. The Morgan fingerprint density at radius 3 is 2.79 bits per heavy atom. The summed E-state index contributed by atoms with van der Waals surface area (Å²) in [6, 6.07) is 10.1. The number of hydrogen-bond acceptors (Lipinski definition) is 3. The maximum Gasteiger partial charge on any atom is 0.240 e. The van der Waals surface area contributed by atoms with Crippen LogP contribution in [-0.2, 0) is 4.79 Å². The zero-order chi connectivity index (χ0) is 13.7. The Morgan fingerprint density at radius 1 is 1.37 bits per heavy atom. The number of carbonyl (C=O) groups excluding carboxylic acids is 1.